The van der Waals surface area contributed by atoms with Crippen molar-refractivity contribution in [3.05, 3.63) is 41.5 Å². The third kappa shape index (κ3) is 7.14. The Morgan fingerprint density at radius 2 is 2.07 bits per heavy atom. The number of aromatic nitrogens is 2. The van der Waals surface area contributed by atoms with E-state index in [4.69, 9.17) is 9.52 Å². The molecule has 1 fully saturated rings. The van der Waals surface area contributed by atoms with Crippen molar-refractivity contribution in [3.8, 4) is 0 Å². The summed E-state index contributed by atoms with van der Waals surface area (Å²) >= 11 is 0. The fourth-order valence-electron chi connectivity index (χ4n) is 3.41. The smallest absolute Gasteiger partial charge is 0.226 e. The zero-order chi connectivity index (χ0) is 20.6. The Balaban J connectivity index is 0.00000320. The molecule has 1 atom stereocenters. The van der Waals surface area contributed by atoms with E-state index >= 15 is 0 Å². The van der Waals surface area contributed by atoms with Gasteiger partial charge in [-0.05, 0) is 38.8 Å². The molecule has 1 saturated heterocycles. The Hall–Kier alpha value is -1.84. The van der Waals surface area contributed by atoms with Gasteiger partial charge in [0.25, 0.3) is 0 Å². The number of nitrogens with one attached hydrogen (secondary N) is 2. The van der Waals surface area contributed by atoms with Crippen LogP contribution in [0.4, 0.5) is 5.69 Å². The lowest BCUT2D eigenvalue weighted by Gasteiger charge is -2.20. The molecule has 0 amide bonds. The van der Waals surface area contributed by atoms with Gasteiger partial charge in [0, 0.05) is 50.2 Å². The molecule has 30 heavy (non-hydrogen) atoms. The Labute approximate surface area is 197 Å². The van der Waals surface area contributed by atoms with Gasteiger partial charge in [0.2, 0.25) is 5.89 Å². The van der Waals surface area contributed by atoms with Crippen LogP contribution in [0.3, 0.4) is 0 Å². The van der Waals surface area contributed by atoms with E-state index in [-0.39, 0.29) is 24.0 Å². The predicted octanol–water partition coefficient (Wildman–Crippen LogP) is 3.89. The molecule has 166 valence electrons. The molecule has 2 N–H and O–H groups in total. The van der Waals surface area contributed by atoms with Crippen LogP contribution in [0.2, 0.25) is 0 Å². The van der Waals surface area contributed by atoms with E-state index in [1.54, 1.807) is 0 Å². The number of anilines is 1. The summed E-state index contributed by atoms with van der Waals surface area (Å²) in [6.07, 6.45) is 2.75. The molecule has 2 aromatic rings. The number of guanidine groups is 1. The van der Waals surface area contributed by atoms with Gasteiger partial charge in [-0.25, -0.2) is 0 Å². The first kappa shape index (κ1) is 24.4. The van der Waals surface area contributed by atoms with E-state index in [1.165, 1.54) is 11.3 Å². The molecule has 0 radical (unpaired) electrons. The average Bonchev–Trinajstić information content (AvgIpc) is 3.36. The second-order valence-corrected chi connectivity index (χ2v) is 7.98. The van der Waals surface area contributed by atoms with E-state index in [2.05, 4.69) is 77.6 Å². The molecule has 1 aromatic carbocycles. The minimum absolute atomic E-state index is 0. The standard InChI is InChI=1S/C22H34N6O.HI/c1-5-23-22(24-13-6-7-20-26-21(16(2)3)27-29-20)25-18-12-14-28(15-18)19-10-8-17(4)9-11-19;/h8-11,16,18H,5-7,12-15H2,1-4H3,(H2,23,24,25);1H. The van der Waals surface area contributed by atoms with Crippen LogP contribution in [0, 0.1) is 6.92 Å². The molecule has 0 bridgehead atoms. The van der Waals surface area contributed by atoms with Gasteiger partial charge in [-0.3, -0.25) is 4.99 Å². The molecule has 7 nitrogen and oxygen atoms in total. The molecule has 3 rings (SSSR count). The van der Waals surface area contributed by atoms with E-state index in [9.17, 15) is 0 Å². The molecule has 0 aliphatic carbocycles. The lowest BCUT2D eigenvalue weighted by atomic mass is 10.2. The quantitative estimate of drug-likeness (QED) is 0.235. The number of benzene rings is 1. The second-order valence-electron chi connectivity index (χ2n) is 7.98. The fraction of sp³-hybridized carbons (Fsp3) is 0.591. The monoisotopic (exact) mass is 526 g/mol. The molecule has 2 heterocycles. The summed E-state index contributed by atoms with van der Waals surface area (Å²) < 4.78 is 5.30. The van der Waals surface area contributed by atoms with Crippen molar-refractivity contribution < 1.29 is 4.52 Å². The van der Waals surface area contributed by atoms with Gasteiger partial charge in [-0.1, -0.05) is 36.7 Å². The lowest BCUT2D eigenvalue weighted by Crippen LogP contribution is -2.44. The number of aryl methyl sites for hydroxylation is 2. The molecule has 8 heteroatoms. The van der Waals surface area contributed by atoms with Crippen molar-refractivity contribution in [2.75, 3.05) is 31.1 Å². The summed E-state index contributed by atoms with van der Waals surface area (Å²) in [7, 11) is 0. The first-order valence-corrected chi connectivity index (χ1v) is 10.7. The zero-order valence-corrected chi connectivity index (χ0v) is 20.8. The molecular weight excluding hydrogens is 491 g/mol. The van der Waals surface area contributed by atoms with Gasteiger partial charge in [0.1, 0.15) is 0 Å². The molecule has 1 aromatic heterocycles. The molecule has 1 aliphatic rings. The minimum Gasteiger partial charge on any atom is -0.369 e. The van der Waals surface area contributed by atoms with Crippen molar-refractivity contribution in [2.45, 2.75) is 58.9 Å². The number of aliphatic imine (C=N–C) groups is 1. The highest BCUT2D eigenvalue weighted by Gasteiger charge is 2.23. The third-order valence-corrected chi connectivity index (χ3v) is 5.09. The third-order valence-electron chi connectivity index (χ3n) is 5.09. The minimum atomic E-state index is 0. The van der Waals surface area contributed by atoms with Crippen molar-refractivity contribution >= 4 is 35.6 Å². The Morgan fingerprint density at radius 1 is 1.30 bits per heavy atom. The summed E-state index contributed by atoms with van der Waals surface area (Å²) in [5.74, 6) is 2.65. The van der Waals surface area contributed by atoms with E-state index < -0.39 is 0 Å². The predicted molar refractivity (Wildman–Crippen MR) is 133 cm³/mol. The molecule has 0 spiro atoms. The van der Waals surface area contributed by atoms with Gasteiger partial charge < -0.3 is 20.1 Å². The lowest BCUT2D eigenvalue weighted by molar-refractivity contribution is 0.369. The van der Waals surface area contributed by atoms with Gasteiger partial charge in [-0.15, -0.1) is 24.0 Å². The van der Waals surface area contributed by atoms with Crippen molar-refractivity contribution in [1.29, 1.82) is 0 Å². The van der Waals surface area contributed by atoms with E-state index in [0.29, 0.717) is 17.9 Å². The van der Waals surface area contributed by atoms with Crippen molar-refractivity contribution in [2.24, 2.45) is 4.99 Å². The van der Waals surface area contributed by atoms with Crippen LogP contribution >= 0.6 is 24.0 Å². The Bertz CT molecular complexity index is 789. The summed E-state index contributed by atoms with van der Waals surface area (Å²) in [6.45, 7) is 12.0. The highest BCUT2D eigenvalue weighted by atomic mass is 127. The summed E-state index contributed by atoms with van der Waals surface area (Å²) in [5.41, 5.74) is 2.59. The first-order chi connectivity index (χ1) is 14.0. The highest BCUT2D eigenvalue weighted by molar-refractivity contribution is 14.0. The van der Waals surface area contributed by atoms with Crippen molar-refractivity contribution in [3.63, 3.8) is 0 Å². The average molecular weight is 526 g/mol. The molecule has 1 aliphatic heterocycles. The van der Waals surface area contributed by atoms with Gasteiger partial charge in [0.05, 0.1) is 0 Å². The van der Waals surface area contributed by atoms with E-state index in [1.807, 2.05) is 0 Å². The number of rotatable bonds is 8. The Morgan fingerprint density at radius 3 is 2.73 bits per heavy atom. The number of hydrogen-bond donors (Lipinski definition) is 2. The van der Waals surface area contributed by atoms with Crippen LogP contribution in [0.5, 0.6) is 0 Å². The normalized spacial score (nSPS) is 16.6. The van der Waals surface area contributed by atoms with Crippen LogP contribution in [-0.2, 0) is 6.42 Å². The number of hydrogen-bond acceptors (Lipinski definition) is 5. The van der Waals surface area contributed by atoms with Gasteiger partial charge in [0.15, 0.2) is 11.8 Å². The summed E-state index contributed by atoms with van der Waals surface area (Å²) in [4.78, 5) is 11.6. The molecule has 0 saturated carbocycles. The van der Waals surface area contributed by atoms with Crippen molar-refractivity contribution in [1.82, 2.24) is 20.8 Å². The largest absolute Gasteiger partial charge is 0.369 e. The van der Waals surface area contributed by atoms with E-state index in [0.717, 1.165) is 57.2 Å². The van der Waals surface area contributed by atoms with Gasteiger partial charge in [-0.2, -0.15) is 4.98 Å². The number of halogens is 1. The maximum atomic E-state index is 5.30. The zero-order valence-electron chi connectivity index (χ0n) is 18.5. The second kappa shape index (κ2) is 12.1. The van der Waals surface area contributed by atoms with Crippen LogP contribution < -0.4 is 15.5 Å². The van der Waals surface area contributed by atoms with Crippen LogP contribution in [0.15, 0.2) is 33.8 Å². The topological polar surface area (TPSA) is 78.6 Å². The molecule has 1 unspecified atom stereocenters. The highest BCUT2D eigenvalue weighted by Crippen LogP contribution is 2.20. The number of nitrogens with zero attached hydrogens (tertiary/aromatic N) is 4. The van der Waals surface area contributed by atoms with Crippen LogP contribution in [0.25, 0.3) is 0 Å². The summed E-state index contributed by atoms with van der Waals surface area (Å²) in [6, 6.07) is 9.17. The van der Waals surface area contributed by atoms with Gasteiger partial charge >= 0.3 is 0 Å². The fourth-order valence-corrected chi connectivity index (χ4v) is 3.41. The van der Waals surface area contributed by atoms with Crippen LogP contribution in [0.1, 0.15) is 56.8 Å². The summed E-state index contributed by atoms with van der Waals surface area (Å²) in [5, 5.41) is 11.0. The Kier molecular flexibility index (Phi) is 9.87. The SMILES string of the molecule is CCNC(=NCCCc1nc(C(C)C)no1)NC1CCN(c2ccc(C)cc2)C1.I. The van der Waals surface area contributed by atoms with Crippen LogP contribution in [-0.4, -0.2) is 48.3 Å². The first-order valence-electron chi connectivity index (χ1n) is 10.7. The molecular formula is C22H35IN6O. The maximum Gasteiger partial charge on any atom is 0.226 e. The maximum absolute atomic E-state index is 5.30.